The van der Waals surface area contributed by atoms with Crippen LogP contribution in [0.2, 0.25) is 0 Å². The quantitative estimate of drug-likeness (QED) is 0.634. The van der Waals surface area contributed by atoms with Gasteiger partial charge in [-0.3, -0.25) is 4.79 Å². The highest BCUT2D eigenvalue weighted by Gasteiger charge is 2.38. The van der Waals surface area contributed by atoms with Crippen LogP contribution in [-0.4, -0.2) is 29.8 Å². The number of phenolic OH excluding ortho intramolecular Hbond substituents is 1. The predicted octanol–water partition coefficient (Wildman–Crippen LogP) is 0.448. The summed E-state index contributed by atoms with van der Waals surface area (Å²) in [6.07, 6.45) is 0.525. The maximum atomic E-state index is 11.8. The average molecular weight is 222 g/mol. The Morgan fingerprint density at radius 2 is 2.12 bits per heavy atom. The lowest BCUT2D eigenvalue weighted by Gasteiger charge is -2.20. The molecular formula is C11H14N2O3. The molecule has 1 aromatic carbocycles. The van der Waals surface area contributed by atoms with Gasteiger partial charge in [0.15, 0.2) is 0 Å². The molecule has 5 heteroatoms. The van der Waals surface area contributed by atoms with Gasteiger partial charge in [0.2, 0.25) is 5.91 Å². The summed E-state index contributed by atoms with van der Waals surface area (Å²) < 4.78 is 5.11. The summed E-state index contributed by atoms with van der Waals surface area (Å²) in [5.41, 5.74) is 5.57. The van der Waals surface area contributed by atoms with E-state index in [9.17, 15) is 4.79 Å². The topological polar surface area (TPSA) is 84.6 Å². The van der Waals surface area contributed by atoms with E-state index < -0.39 is 5.54 Å². The summed E-state index contributed by atoms with van der Waals surface area (Å²) in [6.45, 7) is 0.760. The van der Waals surface area contributed by atoms with E-state index in [0.29, 0.717) is 18.7 Å². The van der Waals surface area contributed by atoms with E-state index in [2.05, 4.69) is 5.32 Å². The van der Waals surface area contributed by atoms with Gasteiger partial charge in [0.05, 0.1) is 6.61 Å². The van der Waals surface area contributed by atoms with Crippen molar-refractivity contribution in [1.29, 1.82) is 0 Å². The fourth-order valence-electron chi connectivity index (χ4n) is 1.56. The highest BCUT2D eigenvalue weighted by Crippen LogP contribution is 2.19. The summed E-state index contributed by atoms with van der Waals surface area (Å²) in [5.74, 6) is -0.0969. The second kappa shape index (κ2) is 4.11. The van der Waals surface area contributed by atoms with Crippen molar-refractivity contribution < 1.29 is 14.6 Å². The largest absolute Gasteiger partial charge is 0.508 e. The van der Waals surface area contributed by atoms with Crippen molar-refractivity contribution in [1.82, 2.24) is 0 Å². The zero-order chi connectivity index (χ0) is 11.6. The second-order valence-corrected chi connectivity index (χ2v) is 3.96. The smallest absolute Gasteiger partial charge is 0.246 e. The zero-order valence-corrected chi connectivity index (χ0v) is 8.77. The number of hydrogen-bond donors (Lipinski definition) is 3. The third kappa shape index (κ3) is 2.15. The molecule has 1 saturated heterocycles. The zero-order valence-electron chi connectivity index (χ0n) is 8.77. The predicted molar refractivity (Wildman–Crippen MR) is 59.1 cm³/mol. The molecule has 0 spiro atoms. The van der Waals surface area contributed by atoms with Gasteiger partial charge in [-0.2, -0.15) is 0 Å². The molecular weight excluding hydrogens is 208 g/mol. The third-order valence-corrected chi connectivity index (χ3v) is 2.63. The molecule has 16 heavy (non-hydrogen) atoms. The van der Waals surface area contributed by atoms with Crippen LogP contribution in [0.3, 0.4) is 0 Å². The van der Waals surface area contributed by atoms with Crippen molar-refractivity contribution in [3.63, 3.8) is 0 Å². The first-order valence-electron chi connectivity index (χ1n) is 5.07. The second-order valence-electron chi connectivity index (χ2n) is 3.96. The molecule has 1 fully saturated rings. The summed E-state index contributed by atoms with van der Waals surface area (Å²) in [5, 5.41) is 11.8. The lowest BCUT2D eigenvalue weighted by atomic mass is 9.99. The van der Waals surface area contributed by atoms with Crippen molar-refractivity contribution in [3.8, 4) is 5.75 Å². The first kappa shape index (κ1) is 10.9. The van der Waals surface area contributed by atoms with Crippen molar-refractivity contribution >= 4 is 11.6 Å². The standard InChI is InChI=1S/C11H14N2O3/c12-11(5-6-16-7-11)10(15)13-8-1-3-9(14)4-2-8/h1-4,14H,5-7,12H2,(H,13,15). The van der Waals surface area contributed by atoms with Crippen LogP contribution >= 0.6 is 0 Å². The Morgan fingerprint density at radius 1 is 1.44 bits per heavy atom. The maximum absolute atomic E-state index is 11.8. The molecule has 0 radical (unpaired) electrons. The summed E-state index contributed by atoms with van der Waals surface area (Å²) in [7, 11) is 0. The Labute approximate surface area is 93.2 Å². The fraction of sp³-hybridized carbons (Fsp3) is 0.364. The molecule has 1 atom stereocenters. The van der Waals surface area contributed by atoms with Crippen LogP contribution in [0.1, 0.15) is 6.42 Å². The molecule has 86 valence electrons. The molecule has 5 nitrogen and oxygen atoms in total. The van der Waals surface area contributed by atoms with E-state index in [1.807, 2.05) is 0 Å². The van der Waals surface area contributed by atoms with Gasteiger partial charge in [0.1, 0.15) is 11.3 Å². The summed E-state index contributed by atoms with van der Waals surface area (Å²) in [4.78, 5) is 11.8. The van der Waals surface area contributed by atoms with Gasteiger partial charge in [-0.25, -0.2) is 0 Å². The van der Waals surface area contributed by atoms with Gasteiger partial charge >= 0.3 is 0 Å². The monoisotopic (exact) mass is 222 g/mol. The van der Waals surface area contributed by atoms with E-state index in [-0.39, 0.29) is 18.3 Å². The number of rotatable bonds is 2. The molecule has 1 amide bonds. The number of hydrogen-bond acceptors (Lipinski definition) is 4. The van der Waals surface area contributed by atoms with Gasteiger partial charge in [0.25, 0.3) is 0 Å². The van der Waals surface area contributed by atoms with Crippen LogP contribution in [0.4, 0.5) is 5.69 Å². The van der Waals surface area contributed by atoms with E-state index in [1.54, 1.807) is 12.1 Å². The molecule has 2 rings (SSSR count). The number of benzene rings is 1. The number of carbonyl (C=O) groups is 1. The van der Waals surface area contributed by atoms with Gasteiger partial charge in [0, 0.05) is 12.3 Å². The van der Waals surface area contributed by atoms with Gasteiger partial charge in [-0.1, -0.05) is 0 Å². The molecule has 0 bridgehead atoms. The number of aromatic hydroxyl groups is 1. The SMILES string of the molecule is NC1(C(=O)Nc2ccc(O)cc2)CCOC1. The van der Waals surface area contributed by atoms with Crippen LogP contribution in [0.15, 0.2) is 24.3 Å². The highest BCUT2D eigenvalue weighted by atomic mass is 16.5. The van der Waals surface area contributed by atoms with Gasteiger partial charge in [-0.15, -0.1) is 0 Å². The summed E-state index contributed by atoms with van der Waals surface area (Å²) >= 11 is 0. The Morgan fingerprint density at radius 3 is 2.69 bits per heavy atom. The molecule has 1 heterocycles. The Balaban J connectivity index is 2.04. The van der Waals surface area contributed by atoms with E-state index >= 15 is 0 Å². The molecule has 1 aromatic rings. The molecule has 1 unspecified atom stereocenters. The van der Waals surface area contributed by atoms with Crippen LogP contribution in [0, 0.1) is 0 Å². The Hall–Kier alpha value is -1.59. The minimum atomic E-state index is -0.933. The highest BCUT2D eigenvalue weighted by molar-refractivity contribution is 5.98. The first-order valence-corrected chi connectivity index (χ1v) is 5.07. The minimum Gasteiger partial charge on any atom is -0.508 e. The van der Waals surface area contributed by atoms with Crippen molar-refractivity contribution in [2.24, 2.45) is 5.73 Å². The Kier molecular flexibility index (Phi) is 2.80. The lowest BCUT2D eigenvalue weighted by Crippen LogP contribution is -2.51. The number of anilines is 1. The Bertz CT molecular complexity index is 383. The first-order chi connectivity index (χ1) is 7.60. The number of nitrogens with one attached hydrogen (secondary N) is 1. The van der Waals surface area contributed by atoms with Crippen molar-refractivity contribution in [2.45, 2.75) is 12.0 Å². The molecule has 0 aliphatic carbocycles. The van der Waals surface area contributed by atoms with Crippen LogP contribution in [-0.2, 0) is 9.53 Å². The third-order valence-electron chi connectivity index (χ3n) is 2.63. The maximum Gasteiger partial charge on any atom is 0.246 e. The normalized spacial score (nSPS) is 24.3. The number of carbonyl (C=O) groups excluding carboxylic acids is 1. The van der Waals surface area contributed by atoms with Crippen molar-refractivity contribution in [2.75, 3.05) is 18.5 Å². The molecule has 0 saturated carbocycles. The summed E-state index contributed by atoms with van der Waals surface area (Å²) in [6, 6.07) is 6.24. The molecule has 1 aliphatic heterocycles. The fourth-order valence-corrected chi connectivity index (χ4v) is 1.56. The van der Waals surface area contributed by atoms with E-state index in [1.165, 1.54) is 12.1 Å². The van der Waals surface area contributed by atoms with Crippen LogP contribution < -0.4 is 11.1 Å². The van der Waals surface area contributed by atoms with Gasteiger partial charge < -0.3 is 20.9 Å². The lowest BCUT2D eigenvalue weighted by molar-refractivity contribution is -0.121. The average Bonchev–Trinajstić information content (AvgIpc) is 2.70. The van der Waals surface area contributed by atoms with Crippen LogP contribution in [0.5, 0.6) is 5.75 Å². The van der Waals surface area contributed by atoms with Crippen molar-refractivity contribution in [3.05, 3.63) is 24.3 Å². The number of phenols is 1. The number of nitrogens with two attached hydrogens (primary N) is 1. The molecule has 4 N–H and O–H groups in total. The van der Waals surface area contributed by atoms with E-state index in [0.717, 1.165) is 0 Å². The van der Waals surface area contributed by atoms with Crippen LogP contribution in [0.25, 0.3) is 0 Å². The van der Waals surface area contributed by atoms with Gasteiger partial charge in [-0.05, 0) is 30.7 Å². The molecule has 0 aromatic heterocycles. The minimum absolute atomic E-state index is 0.157. The molecule has 1 aliphatic rings. The number of ether oxygens (including phenoxy) is 1. The van der Waals surface area contributed by atoms with E-state index in [4.69, 9.17) is 15.6 Å². The number of amides is 1.